The van der Waals surface area contributed by atoms with Crippen molar-refractivity contribution in [3.63, 3.8) is 0 Å². The molecule has 1 fully saturated rings. The van der Waals surface area contributed by atoms with Gasteiger partial charge in [0.25, 0.3) is 0 Å². The average Bonchev–Trinajstić information content (AvgIpc) is 3.08. The predicted molar refractivity (Wildman–Crippen MR) is 119 cm³/mol. The number of aryl methyl sites for hydroxylation is 3. The van der Waals surface area contributed by atoms with Crippen LogP contribution in [0.5, 0.6) is 0 Å². The molecule has 3 aromatic rings. The standard InChI is InChI=1S/C25H28N4O/c1-19-16-20(2)29(28-19)15-11-24(30)27-25(12-6-3-7-13-25)14-10-22-18-26-17-21-8-4-5-9-23(21)22/h4-5,8-9,16-18H,3,6-7,11-13,15H2,1-2H3,(H,27,30). The highest BCUT2D eigenvalue weighted by molar-refractivity contribution is 5.87. The number of carbonyl (C=O) groups is 1. The quantitative estimate of drug-likeness (QED) is 0.664. The Kier molecular flexibility index (Phi) is 5.85. The molecule has 1 aliphatic rings. The van der Waals surface area contributed by atoms with Gasteiger partial charge in [0.15, 0.2) is 0 Å². The summed E-state index contributed by atoms with van der Waals surface area (Å²) >= 11 is 0. The van der Waals surface area contributed by atoms with Crippen molar-refractivity contribution in [2.75, 3.05) is 0 Å². The number of aromatic nitrogens is 3. The Morgan fingerprint density at radius 1 is 1.17 bits per heavy atom. The van der Waals surface area contributed by atoms with Crippen LogP contribution in [0.4, 0.5) is 0 Å². The molecule has 1 N–H and O–H groups in total. The van der Waals surface area contributed by atoms with Crippen LogP contribution in [0.1, 0.15) is 55.5 Å². The van der Waals surface area contributed by atoms with Crippen LogP contribution in [0.25, 0.3) is 10.8 Å². The largest absolute Gasteiger partial charge is 0.340 e. The topological polar surface area (TPSA) is 59.8 Å². The second-order valence-electron chi connectivity index (χ2n) is 8.25. The number of amides is 1. The van der Waals surface area contributed by atoms with Crippen LogP contribution in [0.3, 0.4) is 0 Å². The molecule has 1 aromatic carbocycles. The van der Waals surface area contributed by atoms with Crippen molar-refractivity contribution < 1.29 is 4.79 Å². The SMILES string of the molecule is Cc1cc(C)n(CCC(=O)NC2(C#Cc3cncc4ccccc34)CCCCC2)n1. The number of nitrogens with zero attached hydrogens (tertiary/aromatic N) is 3. The fraction of sp³-hybridized carbons (Fsp3) is 0.400. The summed E-state index contributed by atoms with van der Waals surface area (Å²) in [5, 5.41) is 9.90. The van der Waals surface area contributed by atoms with E-state index in [1.165, 1.54) is 6.42 Å². The summed E-state index contributed by atoms with van der Waals surface area (Å²) in [4.78, 5) is 17.1. The molecule has 1 aliphatic carbocycles. The maximum absolute atomic E-state index is 12.8. The first-order valence-electron chi connectivity index (χ1n) is 10.7. The Labute approximate surface area is 177 Å². The molecule has 0 saturated heterocycles. The van der Waals surface area contributed by atoms with E-state index >= 15 is 0 Å². The predicted octanol–water partition coefficient (Wildman–Crippen LogP) is 4.31. The van der Waals surface area contributed by atoms with E-state index in [0.717, 1.165) is 53.4 Å². The van der Waals surface area contributed by atoms with Gasteiger partial charge in [0.2, 0.25) is 5.91 Å². The summed E-state index contributed by atoms with van der Waals surface area (Å²) in [5.74, 6) is 6.83. The average molecular weight is 401 g/mol. The van der Waals surface area contributed by atoms with E-state index in [9.17, 15) is 4.79 Å². The van der Waals surface area contributed by atoms with Crippen molar-refractivity contribution in [2.24, 2.45) is 0 Å². The van der Waals surface area contributed by atoms with Gasteiger partial charge in [-0.15, -0.1) is 0 Å². The normalized spacial score (nSPS) is 15.4. The van der Waals surface area contributed by atoms with Crippen LogP contribution in [0.2, 0.25) is 0 Å². The third-order valence-electron chi connectivity index (χ3n) is 5.84. The fourth-order valence-electron chi connectivity index (χ4n) is 4.28. The molecule has 0 radical (unpaired) electrons. The minimum absolute atomic E-state index is 0.0368. The molecular formula is C25H28N4O. The van der Waals surface area contributed by atoms with Gasteiger partial charge in [0.05, 0.1) is 11.3 Å². The van der Waals surface area contributed by atoms with Crippen LogP contribution < -0.4 is 5.32 Å². The first-order chi connectivity index (χ1) is 14.5. The number of pyridine rings is 1. The van der Waals surface area contributed by atoms with E-state index < -0.39 is 5.54 Å². The maximum Gasteiger partial charge on any atom is 0.223 e. The smallest absolute Gasteiger partial charge is 0.223 e. The van der Waals surface area contributed by atoms with Gasteiger partial charge in [-0.2, -0.15) is 5.10 Å². The van der Waals surface area contributed by atoms with Crippen LogP contribution in [-0.2, 0) is 11.3 Å². The Balaban J connectivity index is 1.52. The molecule has 5 heteroatoms. The summed E-state index contributed by atoms with van der Waals surface area (Å²) in [7, 11) is 0. The molecule has 0 bridgehead atoms. The number of nitrogens with one attached hydrogen (secondary N) is 1. The summed E-state index contributed by atoms with van der Waals surface area (Å²) in [6.07, 6.45) is 9.23. The van der Waals surface area contributed by atoms with Gasteiger partial charge in [-0.1, -0.05) is 55.4 Å². The first-order valence-corrected chi connectivity index (χ1v) is 10.7. The Morgan fingerprint density at radius 3 is 2.73 bits per heavy atom. The highest BCUT2D eigenvalue weighted by Gasteiger charge is 2.31. The Bertz CT molecular complexity index is 1110. The summed E-state index contributed by atoms with van der Waals surface area (Å²) < 4.78 is 1.90. The lowest BCUT2D eigenvalue weighted by molar-refractivity contribution is -0.123. The molecular weight excluding hydrogens is 372 g/mol. The molecule has 1 amide bonds. The number of rotatable bonds is 4. The highest BCUT2D eigenvalue weighted by atomic mass is 16.1. The molecule has 4 rings (SSSR count). The molecule has 30 heavy (non-hydrogen) atoms. The minimum Gasteiger partial charge on any atom is -0.340 e. The second-order valence-corrected chi connectivity index (χ2v) is 8.25. The monoisotopic (exact) mass is 400 g/mol. The van der Waals surface area contributed by atoms with Crippen molar-refractivity contribution in [2.45, 2.75) is 64.5 Å². The van der Waals surface area contributed by atoms with E-state index in [1.54, 1.807) is 0 Å². The molecule has 5 nitrogen and oxygen atoms in total. The minimum atomic E-state index is -0.457. The zero-order valence-corrected chi connectivity index (χ0v) is 17.7. The zero-order chi connectivity index (χ0) is 21.0. The number of fused-ring (bicyclic) bond motifs is 1. The van der Waals surface area contributed by atoms with Crippen LogP contribution in [-0.4, -0.2) is 26.2 Å². The molecule has 154 valence electrons. The maximum atomic E-state index is 12.8. The van der Waals surface area contributed by atoms with Crippen molar-refractivity contribution in [1.29, 1.82) is 0 Å². The lowest BCUT2D eigenvalue weighted by Crippen LogP contribution is -2.49. The number of benzene rings is 1. The summed E-state index contributed by atoms with van der Waals surface area (Å²) in [6, 6.07) is 10.2. The summed E-state index contributed by atoms with van der Waals surface area (Å²) in [6.45, 7) is 4.57. The van der Waals surface area contributed by atoms with Gasteiger partial charge in [-0.25, -0.2) is 0 Å². The third kappa shape index (κ3) is 4.54. The van der Waals surface area contributed by atoms with Gasteiger partial charge in [-0.3, -0.25) is 14.5 Å². The van der Waals surface area contributed by atoms with Gasteiger partial charge in [-0.05, 0) is 32.8 Å². The van der Waals surface area contributed by atoms with Crippen molar-refractivity contribution in [3.05, 3.63) is 59.7 Å². The molecule has 0 unspecified atom stereocenters. The molecule has 2 heterocycles. The van der Waals surface area contributed by atoms with E-state index in [4.69, 9.17) is 0 Å². The lowest BCUT2D eigenvalue weighted by Gasteiger charge is -2.33. The Hall–Kier alpha value is -3.13. The third-order valence-corrected chi connectivity index (χ3v) is 5.84. The molecule has 2 aromatic heterocycles. The van der Waals surface area contributed by atoms with Gasteiger partial charge in [0, 0.05) is 41.8 Å². The van der Waals surface area contributed by atoms with Crippen LogP contribution in [0.15, 0.2) is 42.7 Å². The molecule has 1 saturated carbocycles. The van der Waals surface area contributed by atoms with E-state index in [0.29, 0.717) is 13.0 Å². The highest BCUT2D eigenvalue weighted by Crippen LogP contribution is 2.28. The number of hydrogen-bond donors (Lipinski definition) is 1. The van der Waals surface area contributed by atoms with Gasteiger partial charge >= 0.3 is 0 Å². The second kappa shape index (κ2) is 8.71. The fourth-order valence-corrected chi connectivity index (χ4v) is 4.28. The van der Waals surface area contributed by atoms with Gasteiger partial charge in [0.1, 0.15) is 5.54 Å². The molecule has 0 atom stereocenters. The number of hydrogen-bond acceptors (Lipinski definition) is 3. The molecule has 0 aliphatic heterocycles. The first kappa shape index (κ1) is 20.2. The van der Waals surface area contributed by atoms with E-state index in [2.05, 4.69) is 33.3 Å². The van der Waals surface area contributed by atoms with Crippen LogP contribution in [0, 0.1) is 25.7 Å². The zero-order valence-electron chi connectivity index (χ0n) is 17.7. The van der Waals surface area contributed by atoms with E-state index in [1.807, 2.05) is 55.2 Å². The number of carbonyl (C=O) groups excluding carboxylic acids is 1. The van der Waals surface area contributed by atoms with Crippen molar-refractivity contribution >= 4 is 16.7 Å². The summed E-state index contributed by atoms with van der Waals surface area (Å²) in [5.41, 5.74) is 2.51. The van der Waals surface area contributed by atoms with Crippen molar-refractivity contribution in [1.82, 2.24) is 20.1 Å². The van der Waals surface area contributed by atoms with Crippen LogP contribution >= 0.6 is 0 Å². The van der Waals surface area contributed by atoms with Gasteiger partial charge < -0.3 is 5.32 Å². The Morgan fingerprint density at radius 2 is 1.97 bits per heavy atom. The van der Waals surface area contributed by atoms with Crippen molar-refractivity contribution in [3.8, 4) is 11.8 Å². The lowest BCUT2D eigenvalue weighted by atomic mass is 9.81. The molecule has 0 spiro atoms. The van der Waals surface area contributed by atoms with E-state index in [-0.39, 0.29) is 5.91 Å².